The van der Waals surface area contributed by atoms with Crippen LogP contribution in [0, 0.1) is 5.92 Å². The molecular weight excluding hydrogens is 472 g/mol. The fourth-order valence-electron chi connectivity index (χ4n) is 4.73. The molecule has 36 heavy (non-hydrogen) atoms. The summed E-state index contributed by atoms with van der Waals surface area (Å²) in [6.07, 6.45) is 2.39. The van der Waals surface area contributed by atoms with Crippen LogP contribution in [-0.2, 0) is 16.0 Å². The van der Waals surface area contributed by atoms with Crippen molar-refractivity contribution < 1.29 is 19.1 Å². The molecule has 1 fully saturated rings. The first-order chi connectivity index (χ1) is 17.5. The van der Waals surface area contributed by atoms with Crippen LogP contribution in [0.25, 0.3) is 0 Å². The van der Waals surface area contributed by atoms with Gasteiger partial charge in [-0.05, 0) is 75.2 Å². The highest BCUT2D eigenvalue weighted by atomic mass is 32.1. The zero-order chi connectivity index (χ0) is 25.5. The average molecular weight is 507 g/mol. The average Bonchev–Trinajstić information content (AvgIpc) is 3.32. The molecule has 1 amide bonds. The second kappa shape index (κ2) is 12.2. The summed E-state index contributed by atoms with van der Waals surface area (Å²) in [7, 11) is 1.66. The van der Waals surface area contributed by atoms with Gasteiger partial charge in [0.1, 0.15) is 10.8 Å². The highest BCUT2D eigenvalue weighted by Gasteiger charge is 2.33. The second-order valence-corrected chi connectivity index (χ2v) is 10.0. The summed E-state index contributed by atoms with van der Waals surface area (Å²) in [5, 5.41) is 4.06. The summed E-state index contributed by atoms with van der Waals surface area (Å²) in [5.41, 5.74) is 2.84. The van der Waals surface area contributed by atoms with Gasteiger partial charge in [0.2, 0.25) is 0 Å². The van der Waals surface area contributed by atoms with E-state index in [1.807, 2.05) is 49.4 Å². The van der Waals surface area contributed by atoms with E-state index >= 15 is 0 Å². The largest absolute Gasteiger partial charge is 0.497 e. The van der Waals surface area contributed by atoms with Gasteiger partial charge >= 0.3 is 5.97 Å². The summed E-state index contributed by atoms with van der Waals surface area (Å²) in [6, 6.07) is 19.6. The maximum atomic E-state index is 13.1. The number of hydrogen-bond acceptors (Lipinski definition) is 6. The van der Waals surface area contributed by atoms with Gasteiger partial charge < -0.3 is 14.8 Å². The first kappa shape index (κ1) is 25.9. The number of amides is 1. The number of benzene rings is 2. The molecule has 2 aromatic carbocycles. The molecule has 7 heteroatoms. The molecular formula is C29H34N2O4S. The molecule has 1 N–H and O–H groups in total. The van der Waals surface area contributed by atoms with Gasteiger partial charge in [-0.15, -0.1) is 11.3 Å². The van der Waals surface area contributed by atoms with Crippen LogP contribution < -0.4 is 10.1 Å². The van der Waals surface area contributed by atoms with E-state index in [2.05, 4.69) is 35.3 Å². The number of aryl methyl sites for hydroxylation is 1. The second-order valence-electron chi connectivity index (χ2n) is 8.91. The van der Waals surface area contributed by atoms with Crippen molar-refractivity contribution >= 4 is 28.2 Å². The van der Waals surface area contributed by atoms with Gasteiger partial charge in [0, 0.05) is 16.0 Å². The zero-order valence-corrected chi connectivity index (χ0v) is 22.0. The third kappa shape index (κ3) is 5.97. The molecule has 0 saturated carbocycles. The predicted octanol–water partition coefficient (Wildman–Crippen LogP) is 5.94. The Hall–Kier alpha value is -3.16. The minimum absolute atomic E-state index is 0.0540. The predicted molar refractivity (Wildman–Crippen MR) is 144 cm³/mol. The fourth-order valence-corrected chi connectivity index (χ4v) is 5.75. The van der Waals surface area contributed by atoms with Crippen LogP contribution in [0.5, 0.6) is 5.75 Å². The van der Waals surface area contributed by atoms with Crippen LogP contribution in [0.1, 0.15) is 59.1 Å². The number of ether oxygens (including phenoxy) is 2. The van der Waals surface area contributed by atoms with Crippen LogP contribution in [0.3, 0.4) is 0 Å². The van der Waals surface area contributed by atoms with Crippen molar-refractivity contribution in [3.63, 3.8) is 0 Å². The molecule has 3 aromatic rings. The topological polar surface area (TPSA) is 67.9 Å². The van der Waals surface area contributed by atoms with E-state index < -0.39 is 0 Å². The third-order valence-corrected chi connectivity index (χ3v) is 7.87. The van der Waals surface area contributed by atoms with Crippen LogP contribution in [0.2, 0.25) is 0 Å². The Labute approximate surface area is 217 Å². The Morgan fingerprint density at radius 2 is 1.75 bits per heavy atom. The zero-order valence-electron chi connectivity index (χ0n) is 21.2. The van der Waals surface area contributed by atoms with E-state index in [9.17, 15) is 9.59 Å². The molecule has 0 bridgehead atoms. The van der Waals surface area contributed by atoms with Crippen molar-refractivity contribution in [3.05, 3.63) is 82.2 Å². The van der Waals surface area contributed by atoms with E-state index in [0.717, 1.165) is 54.2 Å². The van der Waals surface area contributed by atoms with Gasteiger partial charge in [-0.25, -0.2) is 0 Å². The van der Waals surface area contributed by atoms with Gasteiger partial charge in [0.25, 0.3) is 5.91 Å². The molecule has 0 radical (unpaired) electrons. The summed E-state index contributed by atoms with van der Waals surface area (Å²) >= 11 is 1.63. The van der Waals surface area contributed by atoms with Crippen LogP contribution in [0.4, 0.5) is 5.00 Å². The molecule has 4 rings (SSSR count). The normalized spacial score (nSPS) is 15.3. The van der Waals surface area contributed by atoms with E-state index in [1.165, 1.54) is 4.88 Å². The molecule has 6 nitrogen and oxygen atoms in total. The van der Waals surface area contributed by atoms with Gasteiger partial charge in [0.05, 0.1) is 25.7 Å². The first-order valence-corrected chi connectivity index (χ1v) is 13.4. The van der Waals surface area contributed by atoms with E-state index in [4.69, 9.17) is 9.47 Å². The molecule has 0 spiro atoms. The van der Waals surface area contributed by atoms with Crippen LogP contribution in [0.15, 0.2) is 60.7 Å². The Morgan fingerprint density at radius 1 is 1.06 bits per heavy atom. The number of rotatable bonds is 9. The smallest absolute Gasteiger partial charge is 0.309 e. The summed E-state index contributed by atoms with van der Waals surface area (Å²) in [6.45, 7) is 5.92. The highest BCUT2D eigenvalue weighted by Crippen LogP contribution is 2.41. The lowest BCUT2D eigenvalue weighted by atomic mass is 9.91. The molecule has 1 atom stereocenters. The van der Waals surface area contributed by atoms with Crippen molar-refractivity contribution in [2.75, 3.05) is 32.1 Å². The van der Waals surface area contributed by atoms with E-state index in [0.29, 0.717) is 12.2 Å². The Morgan fingerprint density at radius 3 is 2.36 bits per heavy atom. The van der Waals surface area contributed by atoms with Crippen LogP contribution in [-0.4, -0.2) is 43.6 Å². The van der Waals surface area contributed by atoms with Crippen molar-refractivity contribution in [1.29, 1.82) is 0 Å². The molecule has 1 saturated heterocycles. The number of piperidine rings is 1. The standard InChI is InChI=1S/C29H34N2O4S/c1-4-24-19-25(28(36-24)30-27(32)21-9-7-6-8-10-21)26(20-11-13-23(34-3)14-12-20)31-17-15-22(16-18-31)29(33)35-5-2/h6-14,19,22,26H,4-5,15-18H2,1-3H3,(H,30,32). The quantitative estimate of drug-likeness (QED) is 0.364. The number of nitrogens with zero attached hydrogens (tertiary/aromatic N) is 1. The molecule has 1 aliphatic heterocycles. The summed E-state index contributed by atoms with van der Waals surface area (Å²) < 4.78 is 10.7. The van der Waals surface area contributed by atoms with Gasteiger partial charge in [-0.1, -0.05) is 37.3 Å². The number of carbonyl (C=O) groups is 2. The van der Waals surface area contributed by atoms with E-state index in [1.54, 1.807) is 18.4 Å². The maximum absolute atomic E-state index is 13.1. The molecule has 0 aliphatic carbocycles. The lowest BCUT2D eigenvalue weighted by molar-refractivity contribution is -0.149. The monoisotopic (exact) mass is 506 g/mol. The van der Waals surface area contributed by atoms with Gasteiger partial charge in [-0.3, -0.25) is 14.5 Å². The van der Waals surface area contributed by atoms with Crippen molar-refractivity contribution in [3.8, 4) is 5.75 Å². The number of carbonyl (C=O) groups excluding carboxylic acids is 2. The van der Waals surface area contributed by atoms with Crippen LogP contribution >= 0.6 is 11.3 Å². The Bertz CT molecular complexity index is 1150. The van der Waals surface area contributed by atoms with Crippen molar-refractivity contribution in [2.45, 2.75) is 39.2 Å². The fraction of sp³-hybridized carbons (Fsp3) is 0.379. The number of likely N-dealkylation sites (tertiary alicyclic amines) is 1. The molecule has 1 aromatic heterocycles. The summed E-state index contributed by atoms with van der Waals surface area (Å²) in [5.74, 6) is 0.521. The first-order valence-electron chi connectivity index (χ1n) is 12.6. The lowest BCUT2D eigenvalue weighted by Gasteiger charge is -2.37. The molecule has 190 valence electrons. The minimum atomic E-state index is -0.115. The number of thiophene rings is 1. The Kier molecular flexibility index (Phi) is 8.78. The van der Waals surface area contributed by atoms with E-state index in [-0.39, 0.29) is 23.8 Å². The third-order valence-electron chi connectivity index (χ3n) is 6.66. The SMILES string of the molecule is CCOC(=O)C1CCN(C(c2ccc(OC)cc2)c2cc(CC)sc2NC(=O)c2ccccc2)CC1. The minimum Gasteiger partial charge on any atom is -0.497 e. The Balaban J connectivity index is 1.67. The number of nitrogens with one attached hydrogen (secondary N) is 1. The van der Waals surface area contributed by atoms with Gasteiger partial charge in [-0.2, -0.15) is 0 Å². The highest BCUT2D eigenvalue weighted by molar-refractivity contribution is 7.16. The number of anilines is 1. The van der Waals surface area contributed by atoms with Crippen molar-refractivity contribution in [1.82, 2.24) is 4.90 Å². The van der Waals surface area contributed by atoms with Crippen molar-refractivity contribution in [2.24, 2.45) is 5.92 Å². The lowest BCUT2D eigenvalue weighted by Crippen LogP contribution is -2.39. The maximum Gasteiger partial charge on any atom is 0.309 e. The summed E-state index contributed by atoms with van der Waals surface area (Å²) in [4.78, 5) is 29.0. The molecule has 2 heterocycles. The van der Waals surface area contributed by atoms with Gasteiger partial charge in [0.15, 0.2) is 0 Å². The molecule has 1 unspecified atom stereocenters. The molecule has 1 aliphatic rings. The number of esters is 1. The number of methoxy groups -OCH3 is 1. The number of hydrogen-bond donors (Lipinski definition) is 1.